The van der Waals surface area contributed by atoms with Crippen molar-refractivity contribution in [1.29, 1.82) is 0 Å². The Morgan fingerprint density at radius 2 is 0.632 bits per heavy atom. The molecule has 2 radical (unpaired) electrons. The Balaban J connectivity index is 0.000000259. The van der Waals surface area contributed by atoms with E-state index in [2.05, 4.69) is 125 Å². The van der Waals surface area contributed by atoms with Crippen LogP contribution in [-0.4, -0.2) is 0 Å². The molecule has 0 atom stereocenters. The minimum absolute atomic E-state index is 0. The van der Waals surface area contributed by atoms with E-state index in [1.54, 1.807) is 0 Å². The molecule has 0 unspecified atom stereocenters. The van der Waals surface area contributed by atoms with E-state index in [4.69, 9.17) is 0 Å². The number of rotatable bonds is 6. The predicted molar refractivity (Wildman–Crippen MR) is 233 cm³/mol. The Kier molecular flexibility index (Phi) is 23.8. The van der Waals surface area contributed by atoms with E-state index >= 15 is 0 Å². The van der Waals surface area contributed by atoms with Gasteiger partial charge >= 0.3 is 0 Å². The minimum atomic E-state index is 0. The van der Waals surface area contributed by atoms with Gasteiger partial charge in [0.05, 0.1) is 0 Å². The Hall–Kier alpha value is -4.03. The predicted octanol–water partition coefficient (Wildman–Crippen LogP) is 14.7. The van der Waals surface area contributed by atoms with Gasteiger partial charge in [-0.3, -0.25) is 0 Å². The minimum Gasteiger partial charge on any atom is -0.226 e. The Labute approximate surface area is 394 Å². The fraction of sp³-hybridized carbons (Fsp3) is 0.127. The summed E-state index contributed by atoms with van der Waals surface area (Å²) in [5.74, 6) is 1.09. The first-order chi connectivity index (χ1) is 26.5. The quantitative estimate of drug-likeness (QED) is 0.146. The fourth-order valence-electron chi connectivity index (χ4n) is 5.31. The number of hydrogen-bond donors (Lipinski definition) is 0. The Bertz CT molecular complexity index is 2020. The first-order valence-electron chi connectivity index (χ1n) is 18.3. The third-order valence-electron chi connectivity index (χ3n) is 8.36. The molecule has 8 rings (SSSR count). The first kappa shape index (κ1) is 49.1. The van der Waals surface area contributed by atoms with Crippen molar-refractivity contribution in [2.75, 3.05) is 0 Å². The van der Waals surface area contributed by atoms with Gasteiger partial charge in [-0.15, -0.1) is 53.6 Å². The zero-order valence-electron chi connectivity index (χ0n) is 32.6. The van der Waals surface area contributed by atoms with Crippen LogP contribution in [0.15, 0.2) is 182 Å². The van der Waals surface area contributed by atoms with Gasteiger partial charge < -0.3 is 0 Å². The van der Waals surface area contributed by atoms with Crippen LogP contribution in [0.5, 0.6) is 0 Å². The van der Waals surface area contributed by atoms with Gasteiger partial charge in [-0.25, -0.2) is 44.5 Å². The molecule has 8 aromatic carbocycles. The van der Waals surface area contributed by atoms with Gasteiger partial charge in [0.25, 0.3) is 0 Å². The molecule has 0 fully saturated rings. The molecule has 8 aromatic rings. The molecule has 2 heteroatoms. The van der Waals surface area contributed by atoms with Crippen molar-refractivity contribution < 1.29 is 65.4 Å². The molecule has 0 N–H and O–H groups in total. The maximum atomic E-state index is 3.43. The first-order valence-corrected chi connectivity index (χ1v) is 18.3. The fourth-order valence-corrected chi connectivity index (χ4v) is 5.31. The SMILES string of the molecule is C.CC(C)c1[c-]c(-c2[c-]cccc2)ccc1.CC(C)c1c[c-]c(-c2[c-]cccc2)cc1.[Y].[Y].[c-]1ccccc1-c1[c-]cccc1.[c-]1ccccc1-c1[c-]cccc1. The second-order valence-electron chi connectivity index (χ2n) is 13.0. The number of hydrogen-bond acceptors (Lipinski definition) is 0. The maximum absolute atomic E-state index is 3.43. The van der Waals surface area contributed by atoms with Crippen LogP contribution < -0.4 is 0 Å². The molecule has 0 spiro atoms. The molecule has 57 heavy (non-hydrogen) atoms. The molecular formula is C55H48Y2-8. The van der Waals surface area contributed by atoms with Crippen LogP contribution >= 0.6 is 0 Å². The zero-order chi connectivity index (χ0) is 37.8. The van der Waals surface area contributed by atoms with E-state index in [0.29, 0.717) is 11.8 Å². The van der Waals surface area contributed by atoms with Crippen molar-refractivity contribution in [3.63, 3.8) is 0 Å². The van der Waals surface area contributed by atoms with Crippen molar-refractivity contribution in [3.8, 4) is 44.5 Å². The second-order valence-corrected chi connectivity index (χ2v) is 13.0. The van der Waals surface area contributed by atoms with Crippen molar-refractivity contribution in [2.45, 2.75) is 47.0 Å². The summed E-state index contributed by atoms with van der Waals surface area (Å²) in [7, 11) is 0. The van der Waals surface area contributed by atoms with Crippen molar-refractivity contribution >= 4 is 0 Å². The average molecular weight is 887 g/mol. The Morgan fingerprint density at radius 3 is 0.895 bits per heavy atom. The third-order valence-corrected chi connectivity index (χ3v) is 8.36. The normalized spacial score (nSPS) is 9.65. The van der Waals surface area contributed by atoms with Gasteiger partial charge in [0, 0.05) is 65.4 Å². The van der Waals surface area contributed by atoms with Gasteiger partial charge in [0.1, 0.15) is 0 Å². The summed E-state index contributed by atoms with van der Waals surface area (Å²) in [6.45, 7) is 8.75. The molecule has 0 heterocycles. The molecule has 0 saturated heterocycles. The van der Waals surface area contributed by atoms with Crippen molar-refractivity contribution in [2.24, 2.45) is 0 Å². The molecule has 0 saturated carbocycles. The van der Waals surface area contributed by atoms with Gasteiger partial charge in [-0.2, -0.15) is 188 Å². The molecule has 0 amide bonds. The summed E-state index contributed by atoms with van der Waals surface area (Å²) in [6, 6.07) is 86.1. The average Bonchev–Trinajstić information content (AvgIpc) is 3.26. The summed E-state index contributed by atoms with van der Waals surface area (Å²) in [4.78, 5) is 0. The van der Waals surface area contributed by atoms with Crippen LogP contribution in [0, 0.1) is 48.5 Å². The van der Waals surface area contributed by atoms with E-state index in [1.807, 2.05) is 133 Å². The van der Waals surface area contributed by atoms with E-state index in [9.17, 15) is 0 Å². The van der Waals surface area contributed by atoms with Gasteiger partial charge in [0.15, 0.2) is 0 Å². The summed E-state index contributed by atoms with van der Waals surface area (Å²) < 4.78 is 0. The van der Waals surface area contributed by atoms with E-state index < -0.39 is 0 Å². The second kappa shape index (κ2) is 27.6. The molecule has 0 aliphatic rings. The van der Waals surface area contributed by atoms with Crippen LogP contribution in [0.3, 0.4) is 0 Å². The van der Waals surface area contributed by atoms with Crippen molar-refractivity contribution in [3.05, 3.63) is 242 Å². The zero-order valence-corrected chi connectivity index (χ0v) is 38.3. The van der Waals surface area contributed by atoms with E-state index in [1.165, 1.54) is 11.1 Å². The number of benzene rings is 8. The monoisotopic (exact) mass is 886 g/mol. The molecular weight excluding hydrogens is 838 g/mol. The van der Waals surface area contributed by atoms with Crippen molar-refractivity contribution in [1.82, 2.24) is 0 Å². The topological polar surface area (TPSA) is 0 Å². The summed E-state index contributed by atoms with van der Waals surface area (Å²) in [5, 5.41) is 0. The molecule has 0 nitrogen and oxygen atoms in total. The standard InChI is InChI=1S/2C15H14.2C12H8.CH4.2Y/c1-12(2)14-9-6-10-15(11-14)13-7-4-3-5-8-13;1-12(2)13-8-10-15(11-9-13)14-6-4-3-5-7-14;2*1-3-7-11(8-4-1)12-9-5-2-6-10-12;;;/h3-7,9-10,12H,1-2H3;3-6,8-10,12H,1-2H3;2*1-7,9H;1H4;;/q4*-2;;;. The summed E-state index contributed by atoms with van der Waals surface area (Å²) in [6.07, 6.45) is 0. The van der Waals surface area contributed by atoms with E-state index in [0.717, 1.165) is 44.5 Å². The molecule has 0 aliphatic carbocycles. The Morgan fingerprint density at radius 1 is 0.316 bits per heavy atom. The van der Waals surface area contributed by atoms with Crippen LogP contribution in [0.25, 0.3) is 44.5 Å². The summed E-state index contributed by atoms with van der Waals surface area (Å²) >= 11 is 0. The molecule has 282 valence electrons. The molecule has 0 aliphatic heterocycles. The summed E-state index contributed by atoms with van der Waals surface area (Å²) in [5.41, 5.74) is 11.4. The van der Waals surface area contributed by atoms with Crippen LogP contribution in [0.4, 0.5) is 0 Å². The van der Waals surface area contributed by atoms with Crippen LogP contribution in [0.1, 0.15) is 58.1 Å². The smallest absolute Gasteiger partial charge is 0 e. The van der Waals surface area contributed by atoms with Crippen LogP contribution in [0.2, 0.25) is 0 Å². The van der Waals surface area contributed by atoms with Crippen LogP contribution in [-0.2, 0) is 65.4 Å². The maximum Gasteiger partial charge on any atom is 0 e. The van der Waals surface area contributed by atoms with Gasteiger partial charge in [-0.1, -0.05) is 41.0 Å². The third kappa shape index (κ3) is 16.8. The molecule has 0 aromatic heterocycles. The van der Waals surface area contributed by atoms with E-state index in [-0.39, 0.29) is 72.8 Å². The van der Waals surface area contributed by atoms with Gasteiger partial charge in [0.2, 0.25) is 0 Å². The largest absolute Gasteiger partial charge is 0.226 e. The van der Waals surface area contributed by atoms with Gasteiger partial charge in [-0.05, 0) is 5.92 Å². The molecule has 0 bridgehead atoms.